The Bertz CT molecular complexity index is 832. The van der Waals surface area contributed by atoms with Crippen LogP contribution in [-0.4, -0.2) is 65.5 Å². The van der Waals surface area contributed by atoms with Crippen LogP contribution < -0.4 is 10.6 Å². The lowest BCUT2D eigenvalue weighted by Gasteiger charge is -2.34. The van der Waals surface area contributed by atoms with E-state index in [1.807, 2.05) is 6.08 Å². The van der Waals surface area contributed by atoms with Crippen LogP contribution in [0.3, 0.4) is 0 Å². The minimum absolute atomic E-state index is 0.0301. The van der Waals surface area contributed by atoms with E-state index in [0.717, 1.165) is 19.8 Å². The normalized spacial score (nSPS) is 23.9. The molecule has 0 aromatic heterocycles. The predicted molar refractivity (Wildman–Crippen MR) is 100 cm³/mol. The number of hydrogen-bond donors (Lipinski definition) is 2. The van der Waals surface area contributed by atoms with E-state index in [1.165, 1.54) is 17.3 Å². The van der Waals surface area contributed by atoms with E-state index < -0.39 is 47.0 Å². The molecule has 3 amide bonds. The number of amides is 3. The van der Waals surface area contributed by atoms with E-state index in [2.05, 4.69) is 5.32 Å². The zero-order chi connectivity index (χ0) is 24.4. The van der Waals surface area contributed by atoms with Crippen molar-refractivity contribution >= 4 is 17.7 Å². The predicted octanol–water partition coefficient (Wildman–Crippen LogP) is 2.42. The van der Waals surface area contributed by atoms with Gasteiger partial charge >= 0.3 is 5.79 Å². The molecule has 1 heterocycles. The van der Waals surface area contributed by atoms with Gasteiger partial charge in [0.1, 0.15) is 11.7 Å². The standard InChI is InChI=1S/C19H24F6N4O3/c1-10(26-17(32)19(23,29(24)25)18(2,22)16(20)21)14(30)27-13-12-7-5-4-6-11(12)8-9-28(3)15(13)31/h5,7,10-11,16H,4,6,8-9H2,1-3H3,(H,26,32)(H,27,30)/t10-,11?,18?,19+/m0/s1. The van der Waals surface area contributed by atoms with Crippen LogP contribution in [0, 0.1) is 5.92 Å². The van der Waals surface area contributed by atoms with Crippen molar-refractivity contribution < 1.29 is 40.9 Å². The molecule has 2 N–H and O–H groups in total. The van der Waals surface area contributed by atoms with Gasteiger partial charge in [0.15, 0.2) is 0 Å². The number of halogens is 6. The molecule has 1 aliphatic carbocycles. The van der Waals surface area contributed by atoms with Crippen LogP contribution in [0.25, 0.3) is 0 Å². The maximum absolute atomic E-state index is 14.5. The Labute approximate surface area is 180 Å². The molecule has 4 atom stereocenters. The second kappa shape index (κ2) is 9.51. The van der Waals surface area contributed by atoms with Gasteiger partial charge in [0.2, 0.25) is 11.6 Å². The number of carbonyl (C=O) groups excluding carboxylic acids is 3. The van der Waals surface area contributed by atoms with Gasteiger partial charge in [-0.15, -0.1) is 0 Å². The fourth-order valence-corrected chi connectivity index (χ4v) is 3.48. The number of carbonyl (C=O) groups is 3. The highest BCUT2D eigenvalue weighted by Crippen LogP contribution is 2.40. The second-order valence-corrected chi connectivity index (χ2v) is 7.94. The van der Waals surface area contributed by atoms with Crippen LogP contribution in [0.1, 0.15) is 33.1 Å². The monoisotopic (exact) mass is 470 g/mol. The van der Waals surface area contributed by atoms with Crippen LogP contribution in [0.2, 0.25) is 0 Å². The molecule has 13 heteroatoms. The molecule has 0 bridgehead atoms. The van der Waals surface area contributed by atoms with Gasteiger partial charge in [-0.2, -0.15) is 0 Å². The summed E-state index contributed by atoms with van der Waals surface area (Å²) in [7, 11) is 1.52. The van der Waals surface area contributed by atoms with Crippen molar-refractivity contribution in [2.75, 3.05) is 13.6 Å². The molecule has 2 aliphatic rings. The minimum Gasteiger partial charge on any atom is -0.340 e. The fraction of sp³-hybridized carbons (Fsp3) is 0.632. The molecule has 0 aromatic rings. The van der Waals surface area contributed by atoms with Crippen LogP contribution >= 0.6 is 0 Å². The number of nitrogens with one attached hydrogen (secondary N) is 2. The summed E-state index contributed by atoms with van der Waals surface area (Å²) in [5, 5.41) is 1.18. The summed E-state index contributed by atoms with van der Waals surface area (Å²) < 4.78 is 80.2. The summed E-state index contributed by atoms with van der Waals surface area (Å²) in [6, 6.07) is -1.77. The summed E-state index contributed by atoms with van der Waals surface area (Å²) >= 11 is 0. The average Bonchev–Trinajstić information content (AvgIpc) is 2.84. The lowest BCUT2D eigenvalue weighted by atomic mass is 9.86. The van der Waals surface area contributed by atoms with Crippen LogP contribution in [0.5, 0.6) is 0 Å². The molecule has 7 nitrogen and oxygen atoms in total. The molecule has 1 aliphatic heterocycles. The van der Waals surface area contributed by atoms with E-state index >= 15 is 0 Å². The topological polar surface area (TPSA) is 81.8 Å². The molecule has 0 saturated heterocycles. The molecule has 0 aromatic carbocycles. The number of likely N-dealkylation sites (N-methyl/N-ethyl adjacent to an activating group) is 1. The summed E-state index contributed by atoms with van der Waals surface area (Å²) in [6.07, 6.45) is 1.35. The molecule has 0 saturated carbocycles. The van der Waals surface area contributed by atoms with E-state index in [9.17, 15) is 40.9 Å². The number of alkyl halides is 4. The van der Waals surface area contributed by atoms with Gasteiger partial charge in [-0.25, -0.2) is 17.6 Å². The quantitative estimate of drug-likeness (QED) is 0.340. The van der Waals surface area contributed by atoms with Crippen molar-refractivity contribution in [2.45, 2.75) is 57.0 Å². The van der Waals surface area contributed by atoms with Gasteiger partial charge in [-0.1, -0.05) is 21.1 Å². The van der Waals surface area contributed by atoms with Gasteiger partial charge in [0.25, 0.3) is 18.2 Å². The lowest BCUT2D eigenvalue weighted by molar-refractivity contribution is -0.318. The number of nitrogens with zero attached hydrogens (tertiary/aromatic N) is 2. The van der Waals surface area contributed by atoms with Crippen molar-refractivity contribution in [3.05, 3.63) is 23.4 Å². The van der Waals surface area contributed by atoms with E-state index in [0.29, 0.717) is 18.5 Å². The average molecular weight is 470 g/mol. The van der Waals surface area contributed by atoms with Crippen LogP contribution in [-0.2, 0) is 14.4 Å². The van der Waals surface area contributed by atoms with Crippen molar-refractivity contribution in [1.82, 2.24) is 20.9 Å². The third kappa shape index (κ3) is 4.62. The van der Waals surface area contributed by atoms with Crippen molar-refractivity contribution in [3.8, 4) is 0 Å². The van der Waals surface area contributed by atoms with Gasteiger partial charge in [-0.3, -0.25) is 14.4 Å². The van der Waals surface area contributed by atoms with Crippen molar-refractivity contribution in [3.63, 3.8) is 0 Å². The molecule has 2 unspecified atom stereocenters. The van der Waals surface area contributed by atoms with Crippen molar-refractivity contribution in [1.29, 1.82) is 0 Å². The van der Waals surface area contributed by atoms with Gasteiger partial charge in [0, 0.05) is 13.6 Å². The first-order valence-corrected chi connectivity index (χ1v) is 9.80. The Kier molecular flexibility index (Phi) is 7.63. The van der Waals surface area contributed by atoms with E-state index in [4.69, 9.17) is 0 Å². The van der Waals surface area contributed by atoms with Gasteiger partial charge in [0.05, 0.1) is 5.34 Å². The number of hydrogen-bond acceptors (Lipinski definition) is 4. The Hall–Kier alpha value is -2.57. The summed E-state index contributed by atoms with van der Waals surface area (Å²) in [5.74, 6) is -9.22. The molecule has 32 heavy (non-hydrogen) atoms. The van der Waals surface area contributed by atoms with Gasteiger partial charge < -0.3 is 15.5 Å². The minimum atomic E-state index is -5.08. The SMILES string of the molecule is C[C@H](NC(=O)[C@@](F)(N(F)F)C(C)(F)C(F)F)C(=O)NC1=C2C=CCCC2CCN(C)C1=O. The Morgan fingerprint density at radius 2 is 1.88 bits per heavy atom. The molecule has 0 radical (unpaired) electrons. The fourth-order valence-electron chi connectivity index (χ4n) is 3.48. The molecule has 0 fully saturated rings. The summed E-state index contributed by atoms with van der Waals surface area (Å²) in [6.45, 7) is 1.16. The molecular weight excluding hydrogens is 446 g/mol. The number of rotatable bonds is 7. The Morgan fingerprint density at radius 3 is 2.44 bits per heavy atom. The first kappa shape index (κ1) is 25.7. The van der Waals surface area contributed by atoms with Crippen LogP contribution in [0.15, 0.2) is 23.4 Å². The maximum Gasteiger partial charge on any atom is 0.337 e. The third-order valence-corrected chi connectivity index (χ3v) is 5.66. The smallest absolute Gasteiger partial charge is 0.337 e. The maximum atomic E-state index is 14.5. The first-order chi connectivity index (χ1) is 14.7. The van der Waals surface area contributed by atoms with Gasteiger partial charge in [-0.05, 0) is 44.6 Å². The van der Waals surface area contributed by atoms with E-state index in [-0.39, 0.29) is 18.5 Å². The third-order valence-electron chi connectivity index (χ3n) is 5.66. The van der Waals surface area contributed by atoms with Crippen LogP contribution in [0.4, 0.5) is 26.5 Å². The molecular formula is C19H24F6N4O3. The Morgan fingerprint density at radius 1 is 1.25 bits per heavy atom. The molecule has 180 valence electrons. The zero-order valence-electron chi connectivity index (χ0n) is 17.6. The zero-order valence-corrected chi connectivity index (χ0v) is 17.6. The van der Waals surface area contributed by atoms with Crippen molar-refractivity contribution in [2.24, 2.45) is 5.92 Å². The van der Waals surface area contributed by atoms with E-state index in [1.54, 1.807) is 6.08 Å². The Balaban J connectivity index is 2.25. The highest BCUT2D eigenvalue weighted by molar-refractivity contribution is 6.00. The first-order valence-electron chi connectivity index (χ1n) is 9.80. The molecule has 0 spiro atoms. The summed E-state index contributed by atoms with van der Waals surface area (Å²) in [4.78, 5) is 38.6. The largest absolute Gasteiger partial charge is 0.340 e. The lowest BCUT2D eigenvalue weighted by Crippen LogP contribution is -2.66. The number of allylic oxidation sites excluding steroid dienone is 3. The summed E-state index contributed by atoms with van der Waals surface area (Å²) in [5.41, 5.74) is -4.14. The highest BCUT2D eigenvalue weighted by Gasteiger charge is 2.67. The second-order valence-electron chi connectivity index (χ2n) is 7.94. The molecule has 2 rings (SSSR count). The number of fused-ring (bicyclic) bond motifs is 1. The highest BCUT2D eigenvalue weighted by atomic mass is 19.4.